The van der Waals surface area contributed by atoms with Crippen molar-refractivity contribution in [3.05, 3.63) is 64.2 Å². The minimum Gasteiger partial charge on any atom is -0.449 e. The largest absolute Gasteiger partial charge is 0.449 e. The van der Waals surface area contributed by atoms with E-state index < -0.39 is 22.9 Å². The van der Waals surface area contributed by atoms with Crippen molar-refractivity contribution >= 4 is 40.8 Å². The second kappa shape index (κ2) is 9.03. The van der Waals surface area contributed by atoms with Gasteiger partial charge in [0.1, 0.15) is 0 Å². The van der Waals surface area contributed by atoms with Crippen LogP contribution in [-0.4, -0.2) is 34.7 Å². The van der Waals surface area contributed by atoms with Crippen molar-refractivity contribution < 1.29 is 28.8 Å². The van der Waals surface area contributed by atoms with E-state index in [0.717, 1.165) is 5.01 Å². The lowest BCUT2D eigenvalue weighted by atomic mass is 10.1. The smallest absolute Gasteiger partial charge is 0.338 e. The number of esters is 1. The number of anilines is 2. The first kappa shape index (κ1) is 21.4. The lowest BCUT2D eigenvalue weighted by molar-refractivity contribution is -0.384. The Bertz CT molecular complexity index is 1050. The average Bonchev–Trinajstić information content (AvgIpc) is 2.75. The predicted octanol–water partition coefficient (Wildman–Crippen LogP) is 1.94. The van der Waals surface area contributed by atoms with E-state index in [0.29, 0.717) is 5.69 Å². The maximum Gasteiger partial charge on any atom is 0.338 e. The molecule has 11 nitrogen and oxygen atoms in total. The van der Waals surface area contributed by atoms with E-state index in [1.54, 1.807) is 0 Å². The number of hydrazine groups is 1. The van der Waals surface area contributed by atoms with E-state index in [9.17, 15) is 29.3 Å². The molecule has 1 aliphatic rings. The molecule has 1 aliphatic heterocycles. The van der Waals surface area contributed by atoms with Crippen molar-refractivity contribution in [2.24, 2.45) is 0 Å². The number of benzene rings is 2. The topological polar surface area (TPSA) is 148 Å². The second-order valence-corrected chi connectivity index (χ2v) is 6.66. The summed E-state index contributed by atoms with van der Waals surface area (Å²) in [7, 11) is 0. The zero-order valence-electron chi connectivity index (χ0n) is 16.4. The van der Waals surface area contributed by atoms with E-state index in [1.165, 1.54) is 55.5 Å². The van der Waals surface area contributed by atoms with Gasteiger partial charge in [-0.1, -0.05) is 6.07 Å². The summed E-state index contributed by atoms with van der Waals surface area (Å²) in [6.45, 7) is 1.36. The standard InChI is InChI=1S/C20H18N4O7/c1-12(19(27)21-14-3-2-4-16(11-14)24(29)30)31-20(28)13-5-7-15(8-6-13)23-18(26)10-9-17(25)22-23/h2-8,11-12H,9-10H2,1H3,(H,21,27)(H,22,25). The van der Waals surface area contributed by atoms with Crippen LogP contribution in [0.3, 0.4) is 0 Å². The molecule has 0 bridgehead atoms. The molecule has 160 valence electrons. The Hall–Kier alpha value is -4.28. The number of carbonyl (C=O) groups is 4. The van der Waals surface area contributed by atoms with Crippen molar-refractivity contribution in [3.8, 4) is 0 Å². The number of carbonyl (C=O) groups excluding carboxylic acids is 4. The van der Waals surface area contributed by atoms with Crippen molar-refractivity contribution in [1.29, 1.82) is 0 Å². The van der Waals surface area contributed by atoms with Crippen LogP contribution in [0.15, 0.2) is 48.5 Å². The van der Waals surface area contributed by atoms with Crippen LogP contribution >= 0.6 is 0 Å². The first-order chi connectivity index (χ1) is 14.7. The molecule has 1 atom stereocenters. The van der Waals surface area contributed by atoms with E-state index >= 15 is 0 Å². The molecule has 1 saturated heterocycles. The summed E-state index contributed by atoms with van der Waals surface area (Å²) in [4.78, 5) is 58.2. The minimum absolute atomic E-state index is 0.0901. The highest BCUT2D eigenvalue weighted by Crippen LogP contribution is 2.19. The van der Waals surface area contributed by atoms with Crippen molar-refractivity contribution in [1.82, 2.24) is 5.43 Å². The van der Waals surface area contributed by atoms with E-state index in [1.807, 2.05) is 0 Å². The maximum atomic E-state index is 12.3. The predicted molar refractivity (Wildman–Crippen MR) is 108 cm³/mol. The van der Waals surface area contributed by atoms with Gasteiger partial charge >= 0.3 is 5.97 Å². The molecule has 2 aromatic rings. The Morgan fingerprint density at radius 1 is 1.16 bits per heavy atom. The Balaban J connectivity index is 1.61. The van der Waals surface area contributed by atoms with E-state index in [2.05, 4.69) is 10.7 Å². The number of ether oxygens (including phenoxy) is 1. The third kappa shape index (κ3) is 5.21. The van der Waals surface area contributed by atoms with Gasteiger partial charge in [0, 0.05) is 30.7 Å². The number of hydrogen-bond donors (Lipinski definition) is 2. The van der Waals surface area contributed by atoms with Crippen LogP contribution in [0, 0.1) is 10.1 Å². The quantitative estimate of drug-likeness (QED) is 0.407. The molecule has 31 heavy (non-hydrogen) atoms. The molecule has 0 aliphatic carbocycles. The van der Waals surface area contributed by atoms with Gasteiger partial charge < -0.3 is 10.1 Å². The third-order valence-electron chi connectivity index (χ3n) is 4.39. The molecule has 0 radical (unpaired) electrons. The molecule has 0 spiro atoms. The van der Waals surface area contributed by atoms with Gasteiger partial charge in [0.15, 0.2) is 6.10 Å². The second-order valence-electron chi connectivity index (χ2n) is 6.66. The van der Waals surface area contributed by atoms with Crippen molar-refractivity contribution in [2.75, 3.05) is 10.3 Å². The third-order valence-corrected chi connectivity index (χ3v) is 4.39. The van der Waals surface area contributed by atoms with Crippen LogP contribution in [0.5, 0.6) is 0 Å². The number of nitrogens with one attached hydrogen (secondary N) is 2. The fourth-order valence-electron chi connectivity index (χ4n) is 2.75. The van der Waals surface area contributed by atoms with Gasteiger partial charge in [-0.25, -0.2) is 9.80 Å². The van der Waals surface area contributed by atoms with Crippen molar-refractivity contribution in [2.45, 2.75) is 25.9 Å². The summed E-state index contributed by atoms with van der Waals surface area (Å²) in [5.41, 5.74) is 2.97. The van der Waals surface area contributed by atoms with Crippen molar-refractivity contribution in [3.63, 3.8) is 0 Å². The first-order valence-corrected chi connectivity index (χ1v) is 9.23. The molecule has 3 amide bonds. The van der Waals surface area contributed by atoms with Gasteiger partial charge in [0.25, 0.3) is 11.6 Å². The zero-order valence-corrected chi connectivity index (χ0v) is 16.4. The van der Waals surface area contributed by atoms with Crippen LogP contribution in [-0.2, 0) is 19.1 Å². The number of hydrogen-bond acceptors (Lipinski definition) is 7. The number of non-ortho nitro benzene ring substituents is 1. The van der Waals surface area contributed by atoms with Gasteiger partial charge in [-0.05, 0) is 37.3 Å². The van der Waals surface area contributed by atoms with Crippen LogP contribution in [0.2, 0.25) is 0 Å². The van der Waals surface area contributed by atoms with Crippen LogP contribution in [0.4, 0.5) is 17.1 Å². The molecule has 0 aromatic heterocycles. The number of nitro benzene ring substituents is 1. The van der Waals surface area contributed by atoms with E-state index in [-0.39, 0.29) is 41.6 Å². The summed E-state index contributed by atoms with van der Waals surface area (Å²) < 4.78 is 5.14. The molecule has 2 N–H and O–H groups in total. The van der Waals surface area contributed by atoms with Gasteiger partial charge in [-0.2, -0.15) is 0 Å². The summed E-state index contributed by atoms with van der Waals surface area (Å²) in [6, 6.07) is 11.1. The van der Waals surface area contributed by atoms with Crippen LogP contribution in [0.25, 0.3) is 0 Å². The lowest BCUT2D eigenvalue weighted by Gasteiger charge is -2.27. The highest BCUT2D eigenvalue weighted by atomic mass is 16.6. The fourth-order valence-corrected chi connectivity index (χ4v) is 2.75. The Kier molecular flexibility index (Phi) is 6.24. The van der Waals surface area contributed by atoms with Crippen LogP contribution < -0.4 is 15.8 Å². The van der Waals surface area contributed by atoms with Gasteiger partial charge in [-0.3, -0.25) is 29.9 Å². The Morgan fingerprint density at radius 2 is 1.87 bits per heavy atom. The fraction of sp³-hybridized carbons (Fsp3) is 0.200. The van der Waals surface area contributed by atoms with Gasteiger partial charge in [-0.15, -0.1) is 0 Å². The highest BCUT2D eigenvalue weighted by Gasteiger charge is 2.25. The average molecular weight is 426 g/mol. The summed E-state index contributed by atoms with van der Waals surface area (Å²) in [6.07, 6.45) is -0.961. The lowest BCUT2D eigenvalue weighted by Crippen LogP contribution is -2.50. The molecule has 1 heterocycles. The minimum atomic E-state index is -1.17. The summed E-state index contributed by atoms with van der Waals surface area (Å²) in [5.74, 6) is -2.00. The monoisotopic (exact) mass is 426 g/mol. The molecule has 2 aromatic carbocycles. The Morgan fingerprint density at radius 3 is 2.55 bits per heavy atom. The summed E-state index contributed by atoms with van der Waals surface area (Å²) >= 11 is 0. The first-order valence-electron chi connectivity index (χ1n) is 9.23. The number of rotatable bonds is 6. The molecule has 1 unspecified atom stereocenters. The van der Waals surface area contributed by atoms with E-state index in [4.69, 9.17) is 4.74 Å². The molecule has 11 heteroatoms. The maximum absolute atomic E-state index is 12.3. The summed E-state index contributed by atoms with van der Waals surface area (Å²) in [5, 5.41) is 14.4. The van der Waals surface area contributed by atoms with Gasteiger partial charge in [0.2, 0.25) is 11.8 Å². The molecule has 0 saturated carbocycles. The molecule has 1 fully saturated rings. The normalized spacial score (nSPS) is 14.4. The number of nitro groups is 1. The SMILES string of the molecule is CC(OC(=O)c1ccc(N2NC(=O)CCC2=O)cc1)C(=O)Nc1cccc([N+](=O)[O-])c1. The number of nitrogens with zero attached hydrogens (tertiary/aromatic N) is 2. The van der Waals surface area contributed by atoms with Gasteiger partial charge in [0.05, 0.1) is 16.2 Å². The Labute approximate surface area is 176 Å². The zero-order chi connectivity index (χ0) is 22.5. The molecule has 3 rings (SSSR count). The highest BCUT2D eigenvalue weighted by molar-refractivity contribution is 6.02. The van der Waals surface area contributed by atoms with Crippen LogP contribution in [0.1, 0.15) is 30.1 Å². The molecular formula is C20H18N4O7. The number of amides is 3. The molecular weight excluding hydrogens is 408 g/mol.